The van der Waals surface area contributed by atoms with Gasteiger partial charge in [-0.05, 0) is 12.5 Å². The third-order valence-corrected chi connectivity index (χ3v) is 3.64. The van der Waals surface area contributed by atoms with Gasteiger partial charge < -0.3 is 10.1 Å². The molecule has 1 aliphatic rings. The first-order valence-electron chi connectivity index (χ1n) is 6.72. The summed E-state index contributed by atoms with van der Waals surface area (Å²) in [5.74, 6) is 0.982. The summed E-state index contributed by atoms with van der Waals surface area (Å²) in [6, 6.07) is 9.84. The minimum absolute atomic E-state index is 0.424. The molecule has 0 saturated heterocycles. The van der Waals surface area contributed by atoms with Gasteiger partial charge >= 0.3 is 0 Å². The average molecular weight is 257 g/mol. The quantitative estimate of drug-likeness (QED) is 0.881. The number of aromatic nitrogens is 2. The van der Waals surface area contributed by atoms with Crippen LogP contribution in [0.25, 0.3) is 0 Å². The van der Waals surface area contributed by atoms with Crippen LogP contribution in [0.15, 0.2) is 30.3 Å². The maximum absolute atomic E-state index is 10.3. The Kier molecular flexibility index (Phi) is 3.36. The zero-order valence-corrected chi connectivity index (χ0v) is 11.1. The minimum atomic E-state index is -0.424. The molecule has 4 nitrogen and oxygen atoms in total. The molecule has 0 amide bonds. The molecule has 0 aliphatic carbocycles. The Morgan fingerprint density at radius 3 is 2.95 bits per heavy atom. The molecule has 1 aromatic carbocycles. The van der Waals surface area contributed by atoms with Crippen LogP contribution in [0, 0.1) is 6.92 Å². The van der Waals surface area contributed by atoms with E-state index in [1.165, 1.54) is 11.4 Å². The van der Waals surface area contributed by atoms with Crippen LogP contribution >= 0.6 is 0 Å². The molecule has 2 aromatic rings. The molecule has 4 heteroatoms. The fourth-order valence-corrected chi connectivity index (χ4v) is 2.67. The molecule has 1 atom stereocenters. The smallest absolute Gasteiger partial charge is 0.103 e. The number of nitrogens with zero attached hydrogens (tertiary/aromatic N) is 2. The number of hydrogen-bond acceptors (Lipinski definition) is 3. The molecule has 19 heavy (non-hydrogen) atoms. The van der Waals surface area contributed by atoms with Gasteiger partial charge in [-0.3, -0.25) is 4.90 Å². The van der Waals surface area contributed by atoms with Gasteiger partial charge in [-0.15, -0.1) is 0 Å². The fourth-order valence-electron chi connectivity index (χ4n) is 2.67. The Labute approximate surface area is 113 Å². The predicted molar refractivity (Wildman–Crippen MR) is 73.7 cm³/mol. The van der Waals surface area contributed by atoms with E-state index in [4.69, 9.17) is 0 Å². The summed E-state index contributed by atoms with van der Waals surface area (Å²) in [7, 11) is 0. The standard InChI is InChI=1S/C15H19N3O/c1-11-16-13-7-8-18(9-14(13)17-11)10-15(19)12-5-3-2-4-6-12/h2-6,15,19H,7-10H2,1H3,(H,16,17)/t15-/m1/s1. The lowest BCUT2D eigenvalue weighted by Gasteiger charge is -2.28. The van der Waals surface area contributed by atoms with Gasteiger partial charge in [0.05, 0.1) is 17.5 Å². The number of hydrogen-bond donors (Lipinski definition) is 2. The second-order valence-corrected chi connectivity index (χ2v) is 5.16. The Morgan fingerprint density at radius 1 is 1.37 bits per heavy atom. The van der Waals surface area contributed by atoms with Crippen molar-refractivity contribution < 1.29 is 5.11 Å². The van der Waals surface area contributed by atoms with Crippen molar-refractivity contribution >= 4 is 0 Å². The summed E-state index contributed by atoms with van der Waals surface area (Å²) >= 11 is 0. The SMILES string of the molecule is Cc1nc2c([nH]1)CN(C[C@@H](O)c1ccccc1)CC2. The van der Waals surface area contributed by atoms with E-state index in [1.54, 1.807) is 0 Å². The van der Waals surface area contributed by atoms with Gasteiger partial charge in [0, 0.05) is 26.1 Å². The van der Waals surface area contributed by atoms with Crippen molar-refractivity contribution in [3.05, 3.63) is 53.1 Å². The van der Waals surface area contributed by atoms with Gasteiger partial charge in [0.2, 0.25) is 0 Å². The Balaban J connectivity index is 1.66. The van der Waals surface area contributed by atoms with Crippen LogP contribution < -0.4 is 0 Å². The van der Waals surface area contributed by atoms with E-state index < -0.39 is 6.10 Å². The van der Waals surface area contributed by atoms with Crippen LogP contribution in [0.4, 0.5) is 0 Å². The van der Waals surface area contributed by atoms with Crippen LogP contribution in [0.1, 0.15) is 28.9 Å². The number of aryl methyl sites for hydroxylation is 1. The number of benzene rings is 1. The summed E-state index contributed by atoms with van der Waals surface area (Å²) in [5.41, 5.74) is 3.36. The number of aliphatic hydroxyl groups excluding tert-OH is 1. The molecule has 0 saturated carbocycles. The lowest BCUT2D eigenvalue weighted by atomic mass is 10.1. The van der Waals surface area contributed by atoms with Crippen molar-refractivity contribution in [2.24, 2.45) is 0 Å². The second kappa shape index (κ2) is 5.15. The van der Waals surface area contributed by atoms with Crippen molar-refractivity contribution in [2.75, 3.05) is 13.1 Å². The number of aromatic amines is 1. The van der Waals surface area contributed by atoms with Gasteiger partial charge in [-0.1, -0.05) is 30.3 Å². The number of β-amino-alcohol motifs (C(OH)–C–C–N with tert-alkyl or cyclic N) is 1. The van der Waals surface area contributed by atoms with E-state index in [1.807, 2.05) is 37.3 Å². The van der Waals surface area contributed by atoms with Crippen molar-refractivity contribution in [3.63, 3.8) is 0 Å². The maximum Gasteiger partial charge on any atom is 0.103 e. The van der Waals surface area contributed by atoms with E-state index in [2.05, 4.69) is 14.9 Å². The van der Waals surface area contributed by atoms with Gasteiger partial charge in [0.1, 0.15) is 5.82 Å². The Morgan fingerprint density at radius 2 is 2.16 bits per heavy atom. The van der Waals surface area contributed by atoms with Crippen LogP contribution in [-0.2, 0) is 13.0 Å². The highest BCUT2D eigenvalue weighted by atomic mass is 16.3. The lowest BCUT2D eigenvalue weighted by Crippen LogP contribution is -2.34. The number of imidazole rings is 1. The first-order valence-corrected chi connectivity index (χ1v) is 6.72. The van der Waals surface area contributed by atoms with E-state index in [0.29, 0.717) is 6.54 Å². The highest BCUT2D eigenvalue weighted by Gasteiger charge is 2.21. The highest BCUT2D eigenvalue weighted by Crippen LogP contribution is 2.20. The van der Waals surface area contributed by atoms with Gasteiger partial charge in [0.15, 0.2) is 0 Å². The van der Waals surface area contributed by atoms with Crippen molar-refractivity contribution in [1.82, 2.24) is 14.9 Å². The summed E-state index contributed by atoms with van der Waals surface area (Å²) in [6.45, 7) is 4.46. The molecule has 1 aliphatic heterocycles. The van der Waals surface area contributed by atoms with Crippen molar-refractivity contribution in [2.45, 2.75) is 26.0 Å². The summed E-state index contributed by atoms with van der Waals surface area (Å²) < 4.78 is 0. The van der Waals surface area contributed by atoms with Crippen LogP contribution in [0.2, 0.25) is 0 Å². The first kappa shape index (κ1) is 12.4. The first-order chi connectivity index (χ1) is 9.22. The van der Waals surface area contributed by atoms with Crippen LogP contribution in [0.3, 0.4) is 0 Å². The van der Waals surface area contributed by atoms with Crippen LogP contribution in [-0.4, -0.2) is 33.1 Å². The Bertz CT molecular complexity index is 550. The zero-order chi connectivity index (χ0) is 13.2. The molecule has 2 N–H and O–H groups in total. The lowest BCUT2D eigenvalue weighted by molar-refractivity contribution is 0.105. The third kappa shape index (κ3) is 2.69. The van der Waals surface area contributed by atoms with Gasteiger partial charge in [-0.2, -0.15) is 0 Å². The number of nitrogens with one attached hydrogen (secondary N) is 1. The van der Waals surface area contributed by atoms with E-state index >= 15 is 0 Å². The monoisotopic (exact) mass is 257 g/mol. The Hall–Kier alpha value is -1.65. The molecule has 100 valence electrons. The van der Waals surface area contributed by atoms with Crippen LogP contribution in [0.5, 0.6) is 0 Å². The third-order valence-electron chi connectivity index (χ3n) is 3.64. The topological polar surface area (TPSA) is 52.2 Å². The highest BCUT2D eigenvalue weighted by molar-refractivity contribution is 5.19. The molecule has 0 fully saturated rings. The van der Waals surface area contributed by atoms with E-state index in [9.17, 15) is 5.11 Å². The molecule has 2 heterocycles. The molecule has 1 aromatic heterocycles. The number of rotatable bonds is 3. The van der Waals surface area contributed by atoms with E-state index in [0.717, 1.165) is 30.9 Å². The molecular formula is C15H19N3O. The molecule has 3 rings (SSSR count). The average Bonchev–Trinajstić information content (AvgIpc) is 2.79. The van der Waals surface area contributed by atoms with Crippen molar-refractivity contribution in [1.29, 1.82) is 0 Å². The number of H-pyrrole nitrogens is 1. The predicted octanol–water partition coefficient (Wildman–Crippen LogP) is 1.81. The van der Waals surface area contributed by atoms with E-state index in [-0.39, 0.29) is 0 Å². The second-order valence-electron chi connectivity index (χ2n) is 5.16. The normalized spacial score (nSPS) is 17.2. The summed E-state index contributed by atoms with van der Waals surface area (Å²) in [4.78, 5) is 10.1. The maximum atomic E-state index is 10.3. The van der Waals surface area contributed by atoms with Gasteiger partial charge in [-0.25, -0.2) is 4.98 Å². The molecule has 0 bridgehead atoms. The zero-order valence-electron chi connectivity index (χ0n) is 11.1. The fraction of sp³-hybridized carbons (Fsp3) is 0.400. The molecule has 0 spiro atoms. The number of aliphatic hydroxyl groups is 1. The molecular weight excluding hydrogens is 238 g/mol. The van der Waals surface area contributed by atoms with Gasteiger partial charge in [0.25, 0.3) is 0 Å². The summed E-state index contributed by atoms with van der Waals surface area (Å²) in [6.07, 6.45) is 0.535. The largest absolute Gasteiger partial charge is 0.387 e. The number of fused-ring (bicyclic) bond motifs is 1. The minimum Gasteiger partial charge on any atom is -0.387 e. The summed E-state index contributed by atoms with van der Waals surface area (Å²) in [5, 5.41) is 10.3. The molecule has 0 unspecified atom stereocenters. The molecule has 0 radical (unpaired) electrons. The van der Waals surface area contributed by atoms with Crippen molar-refractivity contribution in [3.8, 4) is 0 Å².